The Morgan fingerprint density at radius 2 is 2.03 bits per heavy atom. The van der Waals surface area contributed by atoms with E-state index >= 15 is 0 Å². The molecule has 3 heterocycles. The number of nitrogens with one attached hydrogen (secondary N) is 1. The number of likely N-dealkylation sites (tertiary alicyclic amines) is 1. The molecule has 4 rings (SSSR count). The van der Waals surface area contributed by atoms with Crippen LogP contribution in [-0.2, 0) is 7.05 Å². The van der Waals surface area contributed by atoms with Gasteiger partial charge in [-0.05, 0) is 49.4 Å². The van der Waals surface area contributed by atoms with Crippen LogP contribution in [0, 0.1) is 11.8 Å². The summed E-state index contributed by atoms with van der Waals surface area (Å²) < 4.78 is 7.20. The first kappa shape index (κ1) is 21.8. The molecule has 0 bridgehead atoms. The van der Waals surface area contributed by atoms with E-state index in [1.165, 1.54) is 30.8 Å². The van der Waals surface area contributed by atoms with E-state index < -0.39 is 0 Å². The maximum Gasteiger partial charge on any atom is 0.261 e. The van der Waals surface area contributed by atoms with Crippen LogP contribution in [0.1, 0.15) is 36.4 Å². The highest BCUT2D eigenvalue weighted by molar-refractivity contribution is 7.20. The minimum atomic E-state index is -0.00169. The quantitative estimate of drug-likeness (QED) is 0.553. The number of amides is 1. The van der Waals surface area contributed by atoms with E-state index in [2.05, 4.69) is 29.2 Å². The van der Waals surface area contributed by atoms with E-state index in [0.29, 0.717) is 6.54 Å². The van der Waals surface area contributed by atoms with E-state index in [0.717, 1.165) is 56.9 Å². The molecule has 0 spiro atoms. The summed E-state index contributed by atoms with van der Waals surface area (Å²) in [7, 11) is 3.58. The van der Waals surface area contributed by atoms with Gasteiger partial charge in [-0.25, -0.2) is 0 Å². The highest BCUT2D eigenvalue weighted by Crippen LogP contribution is 2.34. The van der Waals surface area contributed by atoms with Gasteiger partial charge in [-0.15, -0.1) is 11.3 Å². The first-order valence-electron chi connectivity index (χ1n) is 11.1. The molecule has 7 heteroatoms. The van der Waals surface area contributed by atoms with Crippen molar-refractivity contribution in [3.05, 3.63) is 35.2 Å². The van der Waals surface area contributed by atoms with Crippen molar-refractivity contribution in [1.29, 1.82) is 0 Å². The van der Waals surface area contributed by atoms with Crippen LogP contribution < -0.4 is 10.1 Å². The summed E-state index contributed by atoms with van der Waals surface area (Å²) >= 11 is 1.49. The number of hydrogen-bond donors (Lipinski definition) is 1. The number of ether oxygens (including phenoxy) is 1. The Hall–Kier alpha value is -2.38. The standard InChI is InChI=1S/C24H32N4O2S/c1-16-11-17(2)15-28(14-16)10-6-9-25-23(29)21-13-20-22(26-27(3)24(20)31-21)18-7-5-8-19(12-18)30-4/h5,7-8,12-13,16-17H,6,9-11,14-15H2,1-4H3,(H,25,29)/t16-,17+. The predicted molar refractivity (Wildman–Crippen MR) is 127 cm³/mol. The first-order valence-corrected chi connectivity index (χ1v) is 11.9. The molecule has 1 saturated heterocycles. The Balaban J connectivity index is 1.40. The number of benzene rings is 1. The number of rotatable bonds is 7. The Kier molecular flexibility index (Phi) is 6.62. The van der Waals surface area contributed by atoms with Crippen molar-refractivity contribution in [1.82, 2.24) is 20.0 Å². The second kappa shape index (κ2) is 9.40. The zero-order chi connectivity index (χ0) is 22.0. The number of hydrogen-bond acceptors (Lipinski definition) is 5. The van der Waals surface area contributed by atoms with Crippen LogP contribution in [0.4, 0.5) is 0 Å². The SMILES string of the molecule is COc1cccc(-c2nn(C)c3sc(C(=O)NCCCN4C[C@H](C)C[C@H](C)C4)cc23)c1. The van der Waals surface area contributed by atoms with Crippen LogP contribution in [0.2, 0.25) is 0 Å². The van der Waals surface area contributed by atoms with Crippen LogP contribution in [0.5, 0.6) is 5.75 Å². The van der Waals surface area contributed by atoms with Crippen LogP contribution in [0.3, 0.4) is 0 Å². The molecule has 0 saturated carbocycles. The Morgan fingerprint density at radius 3 is 2.77 bits per heavy atom. The summed E-state index contributed by atoms with van der Waals surface area (Å²) in [5, 5.41) is 8.78. The monoisotopic (exact) mass is 440 g/mol. The molecule has 1 aliphatic rings. The predicted octanol–water partition coefficient (Wildman–Crippen LogP) is 4.41. The largest absolute Gasteiger partial charge is 0.497 e. The van der Waals surface area contributed by atoms with Gasteiger partial charge in [0.1, 0.15) is 16.3 Å². The second-order valence-electron chi connectivity index (χ2n) is 8.85. The molecule has 6 nitrogen and oxygen atoms in total. The summed E-state index contributed by atoms with van der Waals surface area (Å²) in [6.45, 7) is 8.77. The van der Waals surface area contributed by atoms with E-state index in [1.807, 2.05) is 42.1 Å². The molecule has 2 atom stereocenters. The zero-order valence-corrected chi connectivity index (χ0v) is 19.7. The second-order valence-corrected chi connectivity index (χ2v) is 9.88. The van der Waals surface area contributed by atoms with Gasteiger partial charge in [0.15, 0.2) is 0 Å². The number of nitrogens with zero attached hydrogens (tertiary/aromatic N) is 3. The van der Waals surface area contributed by atoms with Gasteiger partial charge in [0, 0.05) is 37.6 Å². The molecule has 2 aromatic heterocycles. The molecular weight excluding hydrogens is 408 g/mol. The molecule has 31 heavy (non-hydrogen) atoms. The minimum absolute atomic E-state index is 0.00169. The molecule has 1 aromatic carbocycles. The third kappa shape index (κ3) is 4.93. The average Bonchev–Trinajstić information content (AvgIpc) is 3.31. The number of carbonyl (C=O) groups is 1. The third-order valence-corrected chi connectivity index (χ3v) is 7.16. The Bertz CT molecular complexity index is 1050. The molecule has 0 unspecified atom stereocenters. The molecular formula is C24H32N4O2S. The summed E-state index contributed by atoms with van der Waals surface area (Å²) in [4.78, 5) is 17.0. The number of aryl methyl sites for hydroxylation is 1. The van der Waals surface area contributed by atoms with Gasteiger partial charge < -0.3 is 15.0 Å². The van der Waals surface area contributed by atoms with Crippen molar-refractivity contribution in [2.75, 3.05) is 33.3 Å². The number of carbonyl (C=O) groups excluding carboxylic acids is 1. The maximum atomic E-state index is 12.8. The number of aromatic nitrogens is 2. The lowest BCUT2D eigenvalue weighted by Crippen LogP contribution is -2.40. The first-order chi connectivity index (χ1) is 14.9. The fourth-order valence-electron chi connectivity index (χ4n) is 4.70. The molecule has 1 fully saturated rings. The fraction of sp³-hybridized carbons (Fsp3) is 0.500. The van der Waals surface area contributed by atoms with E-state index in [1.54, 1.807) is 7.11 Å². The average molecular weight is 441 g/mol. The normalized spacial score (nSPS) is 19.6. The molecule has 1 N–H and O–H groups in total. The van der Waals surface area contributed by atoms with E-state index in [4.69, 9.17) is 4.74 Å². The number of fused-ring (bicyclic) bond motifs is 1. The molecule has 3 aromatic rings. The highest BCUT2D eigenvalue weighted by atomic mass is 32.1. The van der Waals surface area contributed by atoms with Crippen molar-refractivity contribution >= 4 is 27.5 Å². The topological polar surface area (TPSA) is 59.4 Å². The number of piperidine rings is 1. The van der Waals surface area contributed by atoms with Gasteiger partial charge in [-0.2, -0.15) is 5.10 Å². The van der Waals surface area contributed by atoms with Crippen LogP contribution in [-0.4, -0.2) is 53.9 Å². The number of methoxy groups -OCH3 is 1. The van der Waals surface area contributed by atoms with Crippen LogP contribution >= 0.6 is 11.3 Å². The summed E-state index contributed by atoms with van der Waals surface area (Å²) in [6, 6.07) is 9.83. The van der Waals surface area contributed by atoms with Crippen molar-refractivity contribution in [2.24, 2.45) is 18.9 Å². The van der Waals surface area contributed by atoms with E-state index in [9.17, 15) is 4.79 Å². The van der Waals surface area contributed by atoms with Crippen LogP contribution in [0.25, 0.3) is 21.5 Å². The zero-order valence-electron chi connectivity index (χ0n) is 18.9. The minimum Gasteiger partial charge on any atom is -0.497 e. The van der Waals surface area contributed by atoms with Gasteiger partial charge in [0.05, 0.1) is 12.0 Å². The van der Waals surface area contributed by atoms with Gasteiger partial charge in [0.25, 0.3) is 5.91 Å². The maximum absolute atomic E-state index is 12.8. The molecule has 0 radical (unpaired) electrons. The van der Waals surface area contributed by atoms with Gasteiger partial charge in [-0.3, -0.25) is 9.48 Å². The smallest absolute Gasteiger partial charge is 0.261 e. The van der Waals surface area contributed by atoms with E-state index in [-0.39, 0.29) is 5.91 Å². The number of thiophene rings is 1. The van der Waals surface area contributed by atoms with Crippen LogP contribution in [0.15, 0.2) is 30.3 Å². The molecule has 1 aliphatic heterocycles. The van der Waals surface area contributed by atoms with Crippen molar-refractivity contribution < 1.29 is 9.53 Å². The summed E-state index contributed by atoms with van der Waals surface area (Å²) in [6.07, 6.45) is 2.30. The van der Waals surface area contributed by atoms with Gasteiger partial charge in [-0.1, -0.05) is 26.0 Å². The Morgan fingerprint density at radius 1 is 1.26 bits per heavy atom. The van der Waals surface area contributed by atoms with Crippen molar-refractivity contribution in [3.63, 3.8) is 0 Å². The lowest BCUT2D eigenvalue weighted by molar-refractivity contribution is 0.0951. The molecule has 166 valence electrons. The molecule has 1 amide bonds. The Labute approximate surface area is 188 Å². The third-order valence-electron chi connectivity index (χ3n) is 5.96. The van der Waals surface area contributed by atoms with Gasteiger partial charge >= 0.3 is 0 Å². The van der Waals surface area contributed by atoms with Crippen molar-refractivity contribution in [2.45, 2.75) is 26.7 Å². The lowest BCUT2D eigenvalue weighted by atomic mass is 9.92. The fourth-order valence-corrected chi connectivity index (χ4v) is 5.69. The van der Waals surface area contributed by atoms with Crippen molar-refractivity contribution in [3.8, 4) is 17.0 Å². The summed E-state index contributed by atoms with van der Waals surface area (Å²) in [5.41, 5.74) is 1.86. The molecule has 0 aliphatic carbocycles. The van der Waals surface area contributed by atoms with Gasteiger partial charge in [0.2, 0.25) is 0 Å². The highest BCUT2D eigenvalue weighted by Gasteiger charge is 2.21. The lowest BCUT2D eigenvalue weighted by Gasteiger charge is -2.34. The summed E-state index contributed by atoms with van der Waals surface area (Å²) in [5.74, 6) is 2.33.